The van der Waals surface area contributed by atoms with Crippen molar-refractivity contribution >= 4 is 17.7 Å². The number of hydrogen-bond acceptors (Lipinski definition) is 3. The van der Waals surface area contributed by atoms with Gasteiger partial charge in [0.1, 0.15) is 0 Å². The van der Waals surface area contributed by atoms with Gasteiger partial charge in [0, 0.05) is 0 Å². The normalized spacial score (nSPS) is 10.2. The third-order valence-electron chi connectivity index (χ3n) is 3.10. The van der Waals surface area contributed by atoms with E-state index in [1.165, 1.54) is 0 Å². The minimum atomic E-state index is -1.04. The first-order valence-corrected chi connectivity index (χ1v) is 7.39. The van der Waals surface area contributed by atoms with E-state index in [0.717, 1.165) is 25.7 Å². The lowest BCUT2D eigenvalue weighted by atomic mass is 10.0. The second kappa shape index (κ2) is 9.00. The lowest BCUT2D eigenvalue weighted by molar-refractivity contribution is 0.0697. The molecule has 0 fully saturated rings. The maximum atomic E-state index is 11.7. The van der Waals surface area contributed by atoms with E-state index in [0.29, 0.717) is 18.6 Å². The zero-order valence-corrected chi connectivity index (χ0v) is 12.6. The Balaban J connectivity index is 2.75. The molecule has 0 heterocycles. The molecule has 1 aromatic carbocycles. The summed E-state index contributed by atoms with van der Waals surface area (Å²) < 4.78 is 5.04. The molecule has 0 atom stereocenters. The molecular weight excluding hydrogens is 270 g/mol. The molecule has 0 spiro atoms. The number of unbranched alkanes of at least 4 members (excludes halogenated alkanes) is 2. The van der Waals surface area contributed by atoms with Gasteiger partial charge in [-0.2, -0.15) is 0 Å². The van der Waals surface area contributed by atoms with Crippen LogP contribution in [0.5, 0.6) is 0 Å². The minimum absolute atomic E-state index is 0.143. The predicted molar refractivity (Wildman–Crippen MR) is 81.9 cm³/mol. The fourth-order valence-electron chi connectivity index (χ4n) is 2.10. The van der Waals surface area contributed by atoms with Gasteiger partial charge in [-0.15, -0.1) is 0 Å². The third kappa shape index (κ3) is 5.45. The number of rotatable bonds is 8. The highest BCUT2D eigenvalue weighted by atomic mass is 16.5. The van der Waals surface area contributed by atoms with Crippen molar-refractivity contribution in [3.8, 4) is 0 Å². The molecule has 1 rings (SSSR count). The molecule has 1 amide bonds. The van der Waals surface area contributed by atoms with Crippen LogP contribution in [-0.2, 0) is 11.2 Å². The molecule has 21 heavy (non-hydrogen) atoms. The van der Waals surface area contributed by atoms with Crippen LogP contribution >= 0.6 is 0 Å². The van der Waals surface area contributed by atoms with Gasteiger partial charge in [0.2, 0.25) is 0 Å². The van der Waals surface area contributed by atoms with Gasteiger partial charge in [0.15, 0.2) is 0 Å². The zero-order valence-electron chi connectivity index (χ0n) is 12.6. The van der Waals surface area contributed by atoms with Gasteiger partial charge in [0.25, 0.3) is 0 Å². The van der Waals surface area contributed by atoms with Gasteiger partial charge < -0.3 is 9.84 Å². The summed E-state index contributed by atoms with van der Waals surface area (Å²) in [4.78, 5) is 23.1. The summed E-state index contributed by atoms with van der Waals surface area (Å²) in [7, 11) is 0. The van der Waals surface area contributed by atoms with E-state index in [-0.39, 0.29) is 11.3 Å². The summed E-state index contributed by atoms with van der Waals surface area (Å²) in [5, 5.41) is 11.9. The van der Waals surface area contributed by atoms with Crippen molar-refractivity contribution in [1.29, 1.82) is 0 Å². The van der Waals surface area contributed by atoms with Crippen molar-refractivity contribution in [2.24, 2.45) is 0 Å². The van der Waals surface area contributed by atoms with E-state index in [1.54, 1.807) is 18.2 Å². The van der Waals surface area contributed by atoms with Gasteiger partial charge >= 0.3 is 12.1 Å². The first-order valence-electron chi connectivity index (χ1n) is 7.39. The van der Waals surface area contributed by atoms with Crippen LogP contribution in [0.15, 0.2) is 18.2 Å². The number of carbonyl (C=O) groups is 2. The van der Waals surface area contributed by atoms with Gasteiger partial charge in [0.05, 0.1) is 17.9 Å². The Morgan fingerprint density at radius 3 is 2.57 bits per heavy atom. The van der Waals surface area contributed by atoms with Crippen molar-refractivity contribution in [2.75, 3.05) is 11.9 Å². The second-order valence-corrected chi connectivity index (χ2v) is 4.86. The van der Waals surface area contributed by atoms with E-state index >= 15 is 0 Å². The number of nitrogens with one attached hydrogen (secondary N) is 1. The smallest absolute Gasteiger partial charge is 0.411 e. The lowest BCUT2D eigenvalue weighted by Crippen LogP contribution is -2.17. The molecule has 0 saturated heterocycles. The molecule has 0 aromatic heterocycles. The first kappa shape index (κ1) is 17.0. The Hall–Kier alpha value is -2.04. The third-order valence-corrected chi connectivity index (χ3v) is 3.10. The molecule has 0 radical (unpaired) electrons. The largest absolute Gasteiger partial charge is 0.478 e. The van der Waals surface area contributed by atoms with Crippen LogP contribution in [0.2, 0.25) is 0 Å². The molecule has 0 aliphatic carbocycles. The number of aryl methyl sites for hydroxylation is 1. The number of carboxylic acids is 1. The molecule has 2 N–H and O–H groups in total. The summed E-state index contributed by atoms with van der Waals surface area (Å²) in [5.74, 6) is -1.04. The summed E-state index contributed by atoms with van der Waals surface area (Å²) >= 11 is 0. The lowest BCUT2D eigenvalue weighted by Gasteiger charge is -2.12. The van der Waals surface area contributed by atoms with E-state index in [9.17, 15) is 14.7 Å². The molecule has 0 aliphatic heterocycles. The van der Waals surface area contributed by atoms with Crippen molar-refractivity contribution in [3.05, 3.63) is 29.3 Å². The molecule has 116 valence electrons. The van der Waals surface area contributed by atoms with Crippen LogP contribution in [0.25, 0.3) is 0 Å². The number of hydrogen-bond donors (Lipinski definition) is 2. The van der Waals surface area contributed by atoms with Crippen molar-refractivity contribution in [1.82, 2.24) is 0 Å². The first-order chi connectivity index (χ1) is 10.1. The zero-order chi connectivity index (χ0) is 15.7. The maximum absolute atomic E-state index is 11.7. The van der Waals surface area contributed by atoms with Gasteiger partial charge in [-0.25, -0.2) is 9.59 Å². The molecule has 1 aromatic rings. The van der Waals surface area contributed by atoms with E-state index in [2.05, 4.69) is 12.2 Å². The highest BCUT2D eigenvalue weighted by Gasteiger charge is 2.16. The van der Waals surface area contributed by atoms with Crippen LogP contribution in [0.1, 0.15) is 55.5 Å². The highest BCUT2D eigenvalue weighted by Crippen LogP contribution is 2.21. The van der Waals surface area contributed by atoms with Crippen LogP contribution < -0.4 is 5.32 Å². The fourth-order valence-corrected chi connectivity index (χ4v) is 2.10. The highest BCUT2D eigenvalue weighted by molar-refractivity contribution is 6.00. The average Bonchev–Trinajstić information content (AvgIpc) is 2.44. The molecular formula is C16H23NO4. The van der Waals surface area contributed by atoms with Crippen LogP contribution in [0.3, 0.4) is 0 Å². The number of carbonyl (C=O) groups excluding carboxylic acids is 1. The molecule has 5 heteroatoms. The van der Waals surface area contributed by atoms with Crippen LogP contribution in [0, 0.1) is 0 Å². The van der Waals surface area contributed by atoms with E-state index < -0.39 is 12.1 Å². The van der Waals surface area contributed by atoms with Crippen molar-refractivity contribution in [2.45, 2.75) is 46.0 Å². The second-order valence-electron chi connectivity index (χ2n) is 4.86. The van der Waals surface area contributed by atoms with Gasteiger partial charge in [-0.05, 0) is 24.5 Å². The number of benzene rings is 1. The summed E-state index contributed by atoms with van der Waals surface area (Å²) in [6.07, 6.45) is 3.74. The predicted octanol–water partition coefficient (Wildman–Crippen LogP) is 4.08. The average molecular weight is 293 g/mol. The summed E-state index contributed by atoms with van der Waals surface area (Å²) in [5.41, 5.74) is 1.15. The quantitative estimate of drug-likeness (QED) is 0.708. The molecule has 5 nitrogen and oxygen atoms in total. The molecule has 0 bridgehead atoms. The Kier molecular flexibility index (Phi) is 7.29. The maximum Gasteiger partial charge on any atom is 0.411 e. The fraction of sp³-hybridized carbons (Fsp3) is 0.500. The van der Waals surface area contributed by atoms with Crippen molar-refractivity contribution in [3.63, 3.8) is 0 Å². The summed E-state index contributed by atoms with van der Waals surface area (Å²) in [6, 6.07) is 5.09. The monoisotopic (exact) mass is 293 g/mol. The minimum Gasteiger partial charge on any atom is -0.478 e. The SMILES string of the molecule is CCCCCOC(=O)Nc1cccc(CCC)c1C(=O)O. The van der Waals surface area contributed by atoms with Gasteiger partial charge in [-0.1, -0.05) is 45.2 Å². The molecule has 0 saturated carbocycles. The molecule has 0 unspecified atom stereocenters. The van der Waals surface area contributed by atoms with Crippen LogP contribution in [-0.4, -0.2) is 23.8 Å². The topological polar surface area (TPSA) is 75.6 Å². The Morgan fingerprint density at radius 2 is 1.95 bits per heavy atom. The van der Waals surface area contributed by atoms with E-state index in [4.69, 9.17) is 4.74 Å². The Labute approximate surface area is 125 Å². The number of anilines is 1. The number of amides is 1. The van der Waals surface area contributed by atoms with Gasteiger partial charge in [-0.3, -0.25) is 5.32 Å². The number of ether oxygens (including phenoxy) is 1. The number of aromatic carboxylic acids is 1. The Morgan fingerprint density at radius 1 is 1.19 bits per heavy atom. The van der Waals surface area contributed by atoms with Crippen molar-refractivity contribution < 1.29 is 19.4 Å². The molecule has 0 aliphatic rings. The standard InChI is InChI=1S/C16H23NO4/c1-3-5-6-11-21-16(20)17-13-10-7-9-12(8-4-2)14(13)15(18)19/h7,9-10H,3-6,8,11H2,1-2H3,(H,17,20)(H,18,19). The van der Waals surface area contributed by atoms with E-state index in [1.807, 2.05) is 6.92 Å². The Bertz CT molecular complexity index is 485. The van der Waals surface area contributed by atoms with Crippen LogP contribution in [0.4, 0.5) is 10.5 Å². The summed E-state index contributed by atoms with van der Waals surface area (Å²) in [6.45, 7) is 4.39. The number of carboxylic acid groups (broad SMARTS) is 1.